The molecule has 0 saturated heterocycles. The molecule has 1 aliphatic rings. The summed E-state index contributed by atoms with van der Waals surface area (Å²) in [6.07, 6.45) is 2.18. The van der Waals surface area contributed by atoms with Crippen molar-refractivity contribution < 1.29 is 18.7 Å². The molecular weight excluding hydrogens is 368 g/mol. The first-order valence-electron chi connectivity index (χ1n) is 9.41. The van der Waals surface area contributed by atoms with Crippen LogP contribution < -0.4 is 9.47 Å². The Morgan fingerprint density at radius 2 is 1.86 bits per heavy atom. The molecule has 3 aromatic rings. The summed E-state index contributed by atoms with van der Waals surface area (Å²) in [6, 6.07) is 18.7. The number of aryl methyl sites for hydroxylation is 1. The Labute approximate surface area is 169 Å². The van der Waals surface area contributed by atoms with Gasteiger partial charge in [0.2, 0.25) is 0 Å². The number of furan rings is 1. The van der Waals surface area contributed by atoms with Crippen LogP contribution in [0.2, 0.25) is 0 Å². The molecule has 4 rings (SSSR count). The zero-order chi connectivity index (χ0) is 20.2. The molecule has 6 heteroatoms. The molecule has 1 aromatic heterocycles. The maximum atomic E-state index is 13.0. The van der Waals surface area contributed by atoms with Gasteiger partial charge in [-0.25, -0.2) is 5.01 Å². The predicted octanol–water partition coefficient (Wildman–Crippen LogP) is 4.35. The number of hydrogen-bond donors (Lipinski definition) is 0. The second kappa shape index (κ2) is 8.22. The van der Waals surface area contributed by atoms with E-state index in [-0.39, 0.29) is 18.6 Å². The number of nitrogens with zero attached hydrogens (tertiary/aromatic N) is 2. The molecule has 148 valence electrons. The highest BCUT2D eigenvalue weighted by Crippen LogP contribution is 2.33. The van der Waals surface area contributed by atoms with Crippen LogP contribution in [0.3, 0.4) is 0 Å². The lowest BCUT2D eigenvalue weighted by Gasteiger charge is -2.20. The van der Waals surface area contributed by atoms with Crippen molar-refractivity contribution in [2.24, 2.45) is 5.10 Å². The number of carbonyl (C=O) groups excluding carboxylic acids is 1. The van der Waals surface area contributed by atoms with Crippen LogP contribution in [0.15, 0.2) is 76.4 Å². The largest absolute Gasteiger partial charge is 0.493 e. The van der Waals surface area contributed by atoms with Gasteiger partial charge < -0.3 is 13.9 Å². The van der Waals surface area contributed by atoms with Crippen LogP contribution >= 0.6 is 0 Å². The lowest BCUT2D eigenvalue weighted by Crippen LogP contribution is -2.31. The minimum atomic E-state index is -0.296. The standard InChI is InChI=1S/C23H22N2O4/c1-16-9-11-17(12-10-16)18-14-19(20-8-5-13-28-20)25(24-18)23(26)15-29-22-7-4-3-6-21(22)27-2/h3-13,19H,14-15H2,1-2H3/t19-/m1/s1. The van der Waals surface area contributed by atoms with Gasteiger partial charge in [0, 0.05) is 6.42 Å². The number of methoxy groups -OCH3 is 1. The number of amides is 1. The molecule has 0 unspecified atom stereocenters. The van der Waals surface area contributed by atoms with Crippen LogP contribution in [-0.4, -0.2) is 30.3 Å². The molecule has 1 amide bonds. The van der Waals surface area contributed by atoms with Crippen LogP contribution in [0.4, 0.5) is 0 Å². The Morgan fingerprint density at radius 3 is 2.55 bits per heavy atom. The van der Waals surface area contributed by atoms with Crippen molar-refractivity contribution >= 4 is 11.6 Å². The SMILES string of the molecule is COc1ccccc1OCC(=O)N1N=C(c2ccc(C)cc2)C[C@@H]1c1ccco1. The fraction of sp³-hybridized carbons (Fsp3) is 0.217. The van der Waals surface area contributed by atoms with Crippen LogP contribution in [-0.2, 0) is 4.79 Å². The molecule has 2 aromatic carbocycles. The number of para-hydroxylation sites is 2. The van der Waals surface area contributed by atoms with Gasteiger partial charge >= 0.3 is 0 Å². The summed E-state index contributed by atoms with van der Waals surface area (Å²) in [4.78, 5) is 13.0. The van der Waals surface area contributed by atoms with E-state index in [1.807, 2.05) is 55.5 Å². The van der Waals surface area contributed by atoms with Gasteiger partial charge in [-0.1, -0.05) is 42.0 Å². The average Bonchev–Trinajstić information content (AvgIpc) is 3.42. The van der Waals surface area contributed by atoms with Crippen molar-refractivity contribution in [3.8, 4) is 11.5 Å². The summed E-state index contributed by atoms with van der Waals surface area (Å²) in [5.41, 5.74) is 3.01. The molecule has 0 saturated carbocycles. The second-order valence-corrected chi connectivity index (χ2v) is 6.83. The quantitative estimate of drug-likeness (QED) is 0.628. The number of hydrazone groups is 1. The molecule has 0 radical (unpaired) electrons. The van der Waals surface area contributed by atoms with Crippen LogP contribution in [0, 0.1) is 6.92 Å². The van der Waals surface area contributed by atoms with Gasteiger partial charge in [-0.15, -0.1) is 0 Å². The summed E-state index contributed by atoms with van der Waals surface area (Å²) in [5, 5.41) is 6.07. The van der Waals surface area contributed by atoms with E-state index in [0.29, 0.717) is 23.7 Å². The maximum Gasteiger partial charge on any atom is 0.281 e. The topological polar surface area (TPSA) is 64.3 Å². The smallest absolute Gasteiger partial charge is 0.281 e. The number of benzene rings is 2. The molecule has 0 bridgehead atoms. The molecule has 2 heterocycles. The number of hydrogen-bond acceptors (Lipinski definition) is 5. The maximum absolute atomic E-state index is 13.0. The van der Waals surface area contributed by atoms with E-state index < -0.39 is 0 Å². The van der Waals surface area contributed by atoms with Crippen LogP contribution in [0.1, 0.15) is 29.3 Å². The van der Waals surface area contributed by atoms with Gasteiger partial charge in [-0.3, -0.25) is 4.79 Å². The van der Waals surface area contributed by atoms with Crippen molar-refractivity contribution in [3.63, 3.8) is 0 Å². The Hall–Kier alpha value is -3.54. The molecule has 0 aliphatic carbocycles. The van der Waals surface area contributed by atoms with Crippen LogP contribution in [0.25, 0.3) is 0 Å². The molecule has 6 nitrogen and oxygen atoms in total. The first-order valence-corrected chi connectivity index (χ1v) is 9.41. The molecule has 1 atom stereocenters. The highest BCUT2D eigenvalue weighted by molar-refractivity contribution is 6.03. The van der Waals surface area contributed by atoms with Gasteiger partial charge in [-0.2, -0.15) is 5.10 Å². The lowest BCUT2D eigenvalue weighted by molar-refractivity contribution is -0.135. The summed E-state index contributed by atoms with van der Waals surface area (Å²) < 4.78 is 16.6. The first-order chi connectivity index (χ1) is 14.2. The van der Waals surface area contributed by atoms with Gasteiger partial charge in [-0.05, 0) is 36.8 Å². The van der Waals surface area contributed by atoms with E-state index >= 15 is 0 Å². The highest BCUT2D eigenvalue weighted by atomic mass is 16.5. The van der Waals surface area contributed by atoms with Crippen molar-refractivity contribution in [3.05, 3.63) is 83.8 Å². The van der Waals surface area contributed by atoms with Gasteiger partial charge in [0.05, 0.1) is 19.1 Å². The minimum absolute atomic E-state index is 0.151. The average molecular weight is 390 g/mol. The van der Waals surface area contributed by atoms with Gasteiger partial charge in [0.15, 0.2) is 18.1 Å². The van der Waals surface area contributed by atoms with E-state index in [2.05, 4.69) is 5.10 Å². The van der Waals surface area contributed by atoms with Crippen molar-refractivity contribution in [1.82, 2.24) is 5.01 Å². The molecular formula is C23H22N2O4. The molecule has 29 heavy (non-hydrogen) atoms. The zero-order valence-corrected chi connectivity index (χ0v) is 16.4. The van der Waals surface area contributed by atoms with E-state index in [9.17, 15) is 4.79 Å². The Kier molecular flexibility index (Phi) is 5.33. The van der Waals surface area contributed by atoms with E-state index in [1.165, 1.54) is 10.6 Å². The van der Waals surface area contributed by atoms with Gasteiger partial charge in [0.1, 0.15) is 11.8 Å². The Bertz CT molecular complexity index is 1010. The van der Waals surface area contributed by atoms with Crippen LogP contribution in [0.5, 0.6) is 11.5 Å². The summed E-state index contributed by atoms with van der Waals surface area (Å²) >= 11 is 0. The third-order valence-electron chi connectivity index (χ3n) is 4.84. The Balaban J connectivity index is 1.55. The fourth-order valence-corrected chi connectivity index (χ4v) is 3.31. The van der Waals surface area contributed by atoms with E-state index in [0.717, 1.165) is 11.3 Å². The lowest BCUT2D eigenvalue weighted by atomic mass is 10.0. The number of ether oxygens (including phenoxy) is 2. The monoisotopic (exact) mass is 390 g/mol. The van der Waals surface area contributed by atoms with E-state index in [4.69, 9.17) is 13.9 Å². The first kappa shape index (κ1) is 18.8. The summed E-state index contributed by atoms with van der Waals surface area (Å²) in [5.74, 6) is 1.54. The molecule has 1 aliphatic heterocycles. The second-order valence-electron chi connectivity index (χ2n) is 6.83. The fourth-order valence-electron chi connectivity index (χ4n) is 3.31. The van der Waals surface area contributed by atoms with E-state index in [1.54, 1.807) is 25.5 Å². The van der Waals surface area contributed by atoms with Crippen molar-refractivity contribution in [2.75, 3.05) is 13.7 Å². The Morgan fingerprint density at radius 1 is 1.10 bits per heavy atom. The predicted molar refractivity (Wildman–Crippen MR) is 109 cm³/mol. The molecule has 0 spiro atoms. The molecule has 0 fully saturated rings. The minimum Gasteiger partial charge on any atom is -0.493 e. The zero-order valence-electron chi connectivity index (χ0n) is 16.4. The van der Waals surface area contributed by atoms with Crippen molar-refractivity contribution in [1.29, 1.82) is 0 Å². The summed E-state index contributed by atoms with van der Waals surface area (Å²) in [7, 11) is 1.57. The number of rotatable bonds is 6. The van der Waals surface area contributed by atoms with Crippen molar-refractivity contribution in [2.45, 2.75) is 19.4 Å². The molecule has 0 N–H and O–H groups in total. The number of carbonyl (C=O) groups is 1. The third-order valence-corrected chi connectivity index (χ3v) is 4.84. The third kappa shape index (κ3) is 4.01. The van der Waals surface area contributed by atoms with Gasteiger partial charge in [0.25, 0.3) is 5.91 Å². The summed E-state index contributed by atoms with van der Waals surface area (Å²) in [6.45, 7) is 1.89. The normalized spacial score (nSPS) is 15.9. The highest BCUT2D eigenvalue weighted by Gasteiger charge is 2.35.